The van der Waals surface area contributed by atoms with Crippen LogP contribution in [0.2, 0.25) is 0 Å². The van der Waals surface area contributed by atoms with Crippen LogP contribution < -0.4 is 5.32 Å². The Bertz CT molecular complexity index is 850. The Morgan fingerprint density at radius 3 is 2.50 bits per heavy atom. The highest BCUT2D eigenvalue weighted by atomic mass is 16.3. The predicted octanol–water partition coefficient (Wildman–Crippen LogP) is 3.37. The van der Waals surface area contributed by atoms with Crippen LogP contribution in [0.25, 0.3) is 11.6 Å². The van der Waals surface area contributed by atoms with Crippen molar-refractivity contribution in [3.63, 3.8) is 0 Å². The molecule has 3 rings (SSSR count). The van der Waals surface area contributed by atoms with Crippen molar-refractivity contribution in [1.82, 2.24) is 0 Å². The minimum absolute atomic E-state index is 0.187. The molecule has 4 nitrogen and oxygen atoms in total. The number of nitriles is 1. The van der Waals surface area contributed by atoms with Gasteiger partial charge in [-0.2, -0.15) is 5.26 Å². The number of hydrogen-bond donors (Lipinski definition) is 2. The minimum Gasteiger partial charge on any atom is -0.507 e. The van der Waals surface area contributed by atoms with Gasteiger partial charge in [0.25, 0.3) is 5.91 Å². The second-order valence-electron chi connectivity index (χ2n) is 5.39. The number of hydrogen-bond acceptors (Lipinski definition) is 3. The Hall–Kier alpha value is -3.06. The van der Waals surface area contributed by atoms with E-state index < -0.39 is 0 Å². The SMILES string of the molecule is Cc1cc(/C=C2\C(=O)Nc3ccc(C#N)cc32)cc(C)c1O. The normalized spacial score (nSPS) is 14.6. The summed E-state index contributed by atoms with van der Waals surface area (Å²) in [4.78, 5) is 12.2. The third-order valence-electron chi connectivity index (χ3n) is 3.76. The lowest BCUT2D eigenvalue weighted by Crippen LogP contribution is -2.03. The van der Waals surface area contributed by atoms with E-state index in [0.29, 0.717) is 16.8 Å². The average molecular weight is 290 g/mol. The lowest BCUT2D eigenvalue weighted by molar-refractivity contribution is -0.110. The number of aryl methyl sites for hydroxylation is 2. The van der Waals surface area contributed by atoms with E-state index in [9.17, 15) is 9.90 Å². The zero-order valence-corrected chi connectivity index (χ0v) is 12.3. The molecule has 0 aliphatic carbocycles. The molecule has 0 atom stereocenters. The maximum atomic E-state index is 12.2. The topological polar surface area (TPSA) is 73.1 Å². The van der Waals surface area contributed by atoms with Crippen LogP contribution in [0.1, 0.15) is 27.8 Å². The van der Waals surface area contributed by atoms with Crippen molar-refractivity contribution < 1.29 is 9.90 Å². The van der Waals surface area contributed by atoms with E-state index in [1.165, 1.54) is 0 Å². The number of amides is 1. The molecule has 0 fully saturated rings. The Morgan fingerprint density at radius 1 is 1.18 bits per heavy atom. The van der Waals surface area contributed by atoms with Crippen molar-refractivity contribution >= 4 is 23.2 Å². The summed E-state index contributed by atoms with van der Waals surface area (Å²) in [7, 11) is 0. The number of fused-ring (bicyclic) bond motifs is 1. The molecule has 0 saturated heterocycles. The predicted molar refractivity (Wildman–Crippen MR) is 85.2 cm³/mol. The highest BCUT2D eigenvalue weighted by Gasteiger charge is 2.24. The molecule has 0 bridgehead atoms. The van der Waals surface area contributed by atoms with Gasteiger partial charge in [0, 0.05) is 16.8 Å². The first-order valence-corrected chi connectivity index (χ1v) is 6.87. The fourth-order valence-corrected chi connectivity index (χ4v) is 2.64. The van der Waals surface area contributed by atoms with Gasteiger partial charge in [0.15, 0.2) is 0 Å². The number of anilines is 1. The molecular weight excluding hydrogens is 276 g/mol. The number of carbonyl (C=O) groups is 1. The zero-order valence-electron chi connectivity index (χ0n) is 12.3. The maximum Gasteiger partial charge on any atom is 0.256 e. The monoisotopic (exact) mass is 290 g/mol. The number of carbonyl (C=O) groups excluding carboxylic acids is 1. The molecule has 22 heavy (non-hydrogen) atoms. The van der Waals surface area contributed by atoms with Crippen molar-refractivity contribution in [3.05, 3.63) is 58.1 Å². The lowest BCUT2D eigenvalue weighted by atomic mass is 9.99. The van der Waals surface area contributed by atoms with Gasteiger partial charge in [0.1, 0.15) is 5.75 Å². The molecule has 0 radical (unpaired) electrons. The van der Waals surface area contributed by atoms with E-state index in [1.807, 2.05) is 26.0 Å². The van der Waals surface area contributed by atoms with Gasteiger partial charge in [-0.1, -0.05) is 0 Å². The van der Waals surface area contributed by atoms with E-state index in [0.717, 1.165) is 22.3 Å². The molecule has 4 heteroatoms. The number of phenolic OH excluding ortho intramolecular Hbond substituents is 1. The average Bonchev–Trinajstić information content (AvgIpc) is 2.80. The molecule has 1 amide bonds. The van der Waals surface area contributed by atoms with Crippen molar-refractivity contribution in [2.24, 2.45) is 0 Å². The third kappa shape index (κ3) is 2.23. The Kier molecular flexibility index (Phi) is 3.19. The summed E-state index contributed by atoms with van der Waals surface area (Å²) in [5.41, 5.74) is 4.84. The largest absolute Gasteiger partial charge is 0.507 e. The van der Waals surface area contributed by atoms with Gasteiger partial charge < -0.3 is 10.4 Å². The number of rotatable bonds is 1. The third-order valence-corrected chi connectivity index (χ3v) is 3.76. The minimum atomic E-state index is -0.187. The first kappa shape index (κ1) is 13.9. The van der Waals surface area contributed by atoms with Gasteiger partial charge in [0.2, 0.25) is 0 Å². The van der Waals surface area contributed by atoms with E-state index in [1.54, 1.807) is 24.3 Å². The van der Waals surface area contributed by atoms with Crippen LogP contribution in [0.15, 0.2) is 30.3 Å². The first-order chi connectivity index (χ1) is 10.5. The van der Waals surface area contributed by atoms with Crippen LogP contribution >= 0.6 is 0 Å². The van der Waals surface area contributed by atoms with Crippen molar-refractivity contribution in [2.75, 3.05) is 5.32 Å². The lowest BCUT2D eigenvalue weighted by Gasteiger charge is -2.06. The summed E-state index contributed by atoms with van der Waals surface area (Å²) >= 11 is 0. The summed E-state index contributed by atoms with van der Waals surface area (Å²) in [6.07, 6.45) is 1.78. The fraction of sp³-hybridized carbons (Fsp3) is 0.111. The summed E-state index contributed by atoms with van der Waals surface area (Å²) in [5.74, 6) is 0.0821. The number of nitrogens with zero attached hydrogens (tertiary/aromatic N) is 1. The Labute approximate surface area is 128 Å². The fourth-order valence-electron chi connectivity index (χ4n) is 2.64. The standard InChI is InChI=1S/C18H14N2O2/c1-10-5-13(6-11(2)17(10)21)8-15-14-7-12(9-19)3-4-16(14)20-18(15)22/h3-8,21H,1-2H3,(H,20,22)/b15-8-. The molecule has 0 unspecified atom stereocenters. The second kappa shape index (κ2) is 5.05. The van der Waals surface area contributed by atoms with Crippen molar-refractivity contribution in [1.29, 1.82) is 5.26 Å². The first-order valence-electron chi connectivity index (χ1n) is 6.87. The molecule has 1 heterocycles. The quantitative estimate of drug-likeness (QED) is 0.791. The second-order valence-corrected chi connectivity index (χ2v) is 5.39. The van der Waals surface area contributed by atoms with E-state index >= 15 is 0 Å². The van der Waals surface area contributed by atoms with Crippen LogP contribution in [-0.4, -0.2) is 11.0 Å². The highest BCUT2D eigenvalue weighted by molar-refractivity contribution is 6.35. The summed E-state index contributed by atoms with van der Waals surface area (Å²) < 4.78 is 0. The van der Waals surface area contributed by atoms with Crippen LogP contribution in [0.3, 0.4) is 0 Å². The molecule has 0 aromatic heterocycles. The van der Waals surface area contributed by atoms with E-state index in [-0.39, 0.29) is 11.7 Å². The molecule has 1 aliphatic rings. The van der Waals surface area contributed by atoms with Crippen molar-refractivity contribution in [2.45, 2.75) is 13.8 Å². The Balaban J connectivity index is 2.14. The molecule has 2 aromatic rings. The van der Waals surface area contributed by atoms with Gasteiger partial charge in [-0.3, -0.25) is 4.79 Å². The van der Waals surface area contributed by atoms with Crippen LogP contribution in [-0.2, 0) is 4.79 Å². The molecule has 0 spiro atoms. The number of benzene rings is 2. The molecule has 0 saturated carbocycles. The molecule has 108 valence electrons. The van der Waals surface area contributed by atoms with Gasteiger partial charge >= 0.3 is 0 Å². The van der Waals surface area contributed by atoms with Crippen LogP contribution in [0.5, 0.6) is 5.75 Å². The van der Waals surface area contributed by atoms with E-state index in [4.69, 9.17) is 5.26 Å². The Morgan fingerprint density at radius 2 is 1.86 bits per heavy atom. The van der Waals surface area contributed by atoms with Crippen LogP contribution in [0.4, 0.5) is 5.69 Å². The molecule has 2 N–H and O–H groups in total. The molecule has 1 aliphatic heterocycles. The number of phenols is 1. The van der Waals surface area contributed by atoms with Gasteiger partial charge in [-0.05, 0) is 66.9 Å². The van der Waals surface area contributed by atoms with E-state index in [2.05, 4.69) is 11.4 Å². The van der Waals surface area contributed by atoms with Crippen molar-refractivity contribution in [3.8, 4) is 11.8 Å². The van der Waals surface area contributed by atoms with Gasteiger partial charge in [0.05, 0.1) is 11.6 Å². The smallest absolute Gasteiger partial charge is 0.256 e. The van der Waals surface area contributed by atoms with Gasteiger partial charge in [-0.25, -0.2) is 0 Å². The summed E-state index contributed by atoms with van der Waals surface area (Å²) in [5, 5.41) is 21.6. The molecular formula is C18H14N2O2. The summed E-state index contributed by atoms with van der Waals surface area (Å²) in [6.45, 7) is 3.64. The number of nitrogens with one attached hydrogen (secondary N) is 1. The number of aromatic hydroxyl groups is 1. The van der Waals surface area contributed by atoms with Crippen LogP contribution in [0, 0.1) is 25.2 Å². The summed E-state index contributed by atoms with van der Waals surface area (Å²) in [6, 6.07) is 10.9. The maximum absolute atomic E-state index is 12.2. The van der Waals surface area contributed by atoms with Gasteiger partial charge in [-0.15, -0.1) is 0 Å². The highest BCUT2D eigenvalue weighted by Crippen LogP contribution is 2.34. The zero-order chi connectivity index (χ0) is 15.9. The molecule has 2 aromatic carbocycles.